The summed E-state index contributed by atoms with van der Waals surface area (Å²) in [6.45, 7) is 5.62. The highest BCUT2D eigenvalue weighted by molar-refractivity contribution is 9.10. The second kappa shape index (κ2) is 6.31. The topological polar surface area (TPSA) is 41.1 Å². The Morgan fingerprint density at radius 1 is 1.29 bits per heavy atom. The molecule has 0 amide bonds. The number of aromatic nitrogens is 2. The minimum Gasteiger partial charge on any atom is -0.353 e. The van der Waals surface area contributed by atoms with E-state index < -0.39 is 0 Å². The third-order valence-electron chi connectivity index (χ3n) is 3.19. The molecule has 1 fully saturated rings. The van der Waals surface area contributed by atoms with Gasteiger partial charge in [0, 0.05) is 25.0 Å². The summed E-state index contributed by atoms with van der Waals surface area (Å²) in [6.07, 6.45) is 7.58. The van der Waals surface area contributed by atoms with Crippen LogP contribution in [0.25, 0.3) is 0 Å². The van der Waals surface area contributed by atoms with Gasteiger partial charge in [0.15, 0.2) is 0 Å². The van der Waals surface area contributed by atoms with E-state index in [2.05, 4.69) is 43.0 Å². The molecule has 0 bridgehead atoms. The monoisotopic (exact) mass is 298 g/mol. The Labute approximate surface area is 111 Å². The molecule has 1 N–H and O–H groups in total. The van der Waals surface area contributed by atoms with Gasteiger partial charge in [0.1, 0.15) is 0 Å². The van der Waals surface area contributed by atoms with Crippen molar-refractivity contribution in [2.75, 3.05) is 25.0 Å². The predicted octanol–water partition coefficient (Wildman–Crippen LogP) is 2.53. The van der Waals surface area contributed by atoms with Crippen LogP contribution in [-0.2, 0) is 0 Å². The largest absolute Gasteiger partial charge is 0.353 e. The molecule has 0 spiro atoms. The smallest absolute Gasteiger partial charge is 0.222 e. The Morgan fingerprint density at radius 3 is 2.59 bits per heavy atom. The number of hydrogen-bond donors (Lipinski definition) is 1. The molecule has 1 unspecified atom stereocenters. The lowest BCUT2D eigenvalue weighted by Gasteiger charge is -2.32. The zero-order valence-corrected chi connectivity index (χ0v) is 11.8. The molecule has 2 rings (SSSR count). The van der Waals surface area contributed by atoms with Gasteiger partial charge in [0.05, 0.1) is 4.47 Å². The zero-order chi connectivity index (χ0) is 12.1. The number of likely N-dealkylation sites (tertiary alicyclic amines) is 1. The third-order valence-corrected chi connectivity index (χ3v) is 3.60. The van der Waals surface area contributed by atoms with Crippen LogP contribution in [0.2, 0.25) is 0 Å². The van der Waals surface area contributed by atoms with Gasteiger partial charge in [-0.25, -0.2) is 9.97 Å². The molecular weight excluding hydrogens is 280 g/mol. The van der Waals surface area contributed by atoms with Crippen LogP contribution < -0.4 is 5.32 Å². The van der Waals surface area contributed by atoms with Gasteiger partial charge >= 0.3 is 0 Å². The minimum atomic E-state index is 0.544. The maximum Gasteiger partial charge on any atom is 0.222 e. The number of piperidine rings is 1. The number of nitrogens with one attached hydrogen (secondary N) is 1. The van der Waals surface area contributed by atoms with Crippen molar-refractivity contribution >= 4 is 21.9 Å². The second-order valence-corrected chi connectivity index (χ2v) is 5.47. The number of rotatable bonds is 4. The Kier molecular flexibility index (Phi) is 4.74. The van der Waals surface area contributed by atoms with Crippen LogP contribution in [0.15, 0.2) is 16.9 Å². The lowest BCUT2D eigenvalue weighted by molar-refractivity contribution is 0.180. The highest BCUT2D eigenvalue weighted by Gasteiger charge is 2.16. The molecule has 5 heteroatoms. The highest BCUT2D eigenvalue weighted by Crippen LogP contribution is 2.12. The van der Waals surface area contributed by atoms with Gasteiger partial charge in [0.25, 0.3) is 0 Å². The van der Waals surface area contributed by atoms with E-state index in [-0.39, 0.29) is 0 Å². The number of halogens is 1. The maximum absolute atomic E-state index is 4.21. The molecule has 4 nitrogen and oxygen atoms in total. The molecule has 1 atom stereocenters. The van der Waals surface area contributed by atoms with Gasteiger partial charge in [-0.1, -0.05) is 6.42 Å². The van der Waals surface area contributed by atoms with Crippen molar-refractivity contribution in [2.24, 2.45) is 0 Å². The van der Waals surface area contributed by atoms with Crippen molar-refractivity contribution in [2.45, 2.75) is 32.2 Å². The summed E-state index contributed by atoms with van der Waals surface area (Å²) in [5.41, 5.74) is 0. The number of nitrogens with zero attached hydrogens (tertiary/aromatic N) is 3. The van der Waals surface area contributed by atoms with E-state index in [1.165, 1.54) is 32.4 Å². The first-order valence-electron chi connectivity index (χ1n) is 6.21. The maximum atomic E-state index is 4.21. The molecular formula is C12H19BrN4. The summed E-state index contributed by atoms with van der Waals surface area (Å²) >= 11 is 3.33. The summed E-state index contributed by atoms with van der Waals surface area (Å²) in [5, 5.41) is 3.28. The molecule has 0 saturated carbocycles. The number of anilines is 1. The average Bonchev–Trinajstić information content (AvgIpc) is 2.39. The second-order valence-electron chi connectivity index (χ2n) is 4.55. The summed E-state index contributed by atoms with van der Waals surface area (Å²) in [5.74, 6) is 0.706. The standard InChI is InChI=1S/C12H19BrN4/c1-10(17-5-3-2-4-6-17)7-14-12-15-8-11(13)9-16-12/h8-10H,2-7H2,1H3,(H,14,15,16). The molecule has 1 aromatic rings. The van der Waals surface area contributed by atoms with Crippen molar-refractivity contribution in [1.82, 2.24) is 14.9 Å². The van der Waals surface area contributed by atoms with E-state index in [4.69, 9.17) is 0 Å². The predicted molar refractivity (Wildman–Crippen MR) is 73.1 cm³/mol. The van der Waals surface area contributed by atoms with Crippen molar-refractivity contribution in [3.63, 3.8) is 0 Å². The summed E-state index contributed by atoms with van der Waals surface area (Å²) in [7, 11) is 0. The summed E-state index contributed by atoms with van der Waals surface area (Å²) < 4.78 is 0.909. The normalized spacial score (nSPS) is 18.9. The Hall–Kier alpha value is -0.680. The van der Waals surface area contributed by atoms with Crippen LogP contribution in [0.4, 0.5) is 5.95 Å². The first-order chi connectivity index (χ1) is 8.25. The molecule has 1 aliphatic rings. The highest BCUT2D eigenvalue weighted by atomic mass is 79.9. The summed E-state index contributed by atoms with van der Waals surface area (Å²) in [4.78, 5) is 11.0. The van der Waals surface area contributed by atoms with Gasteiger partial charge in [0.2, 0.25) is 5.95 Å². The van der Waals surface area contributed by atoms with Gasteiger partial charge in [-0.2, -0.15) is 0 Å². The number of hydrogen-bond acceptors (Lipinski definition) is 4. The Morgan fingerprint density at radius 2 is 1.94 bits per heavy atom. The van der Waals surface area contributed by atoms with Gasteiger partial charge in [-0.15, -0.1) is 0 Å². The molecule has 94 valence electrons. The van der Waals surface area contributed by atoms with Crippen molar-refractivity contribution in [3.8, 4) is 0 Å². The van der Waals surface area contributed by atoms with E-state index in [1.807, 2.05) is 0 Å². The Bertz CT molecular complexity index is 335. The Balaban J connectivity index is 1.78. The molecule has 0 aromatic carbocycles. The lowest BCUT2D eigenvalue weighted by Crippen LogP contribution is -2.41. The fourth-order valence-corrected chi connectivity index (χ4v) is 2.34. The molecule has 1 aliphatic heterocycles. The fourth-order valence-electron chi connectivity index (χ4n) is 2.13. The lowest BCUT2D eigenvalue weighted by atomic mass is 10.1. The van der Waals surface area contributed by atoms with Crippen molar-refractivity contribution in [3.05, 3.63) is 16.9 Å². The quantitative estimate of drug-likeness (QED) is 0.927. The molecule has 1 saturated heterocycles. The van der Waals surface area contributed by atoms with Crippen LogP contribution in [0, 0.1) is 0 Å². The van der Waals surface area contributed by atoms with Crippen LogP contribution >= 0.6 is 15.9 Å². The van der Waals surface area contributed by atoms with Crippen LogP contribution in [0.3, 0.4) is 0 Å². The van der Waals surface area contributed by atoms with Crippen LogP contribution in [0.1, 0.15) is 26.2 Å². The fraction of sp³-hybridized carbons (Fsp3) is 0.667. The first-order valence-corrected chi connectivity index (χ1v) is 7.00. The molecule has 2 heterocycles. The molecule has 1 aromatic heterocycles. The first kappa shape index (κ1) is 12.8. The average molecular weight is 299 g/mol. The van der Waals surface area contributed by atoms with Crippen LogP contribution in [0.5, 0.6) is 0 Å². The van der Waals surface area contributed by atoms with Gasteiger partial charge in [-0.3, -0.25) is 4.90 Å². The molecule has 17 heavy (non-hydrogen) atoms. The molecule has 0 aliphatic carbocycles. The zero-order valence-electron chi connectivity index (χ0n) is 10.2. The minimum absolute atomic E-state index is 0.544. The summed E-state index contributed by atoms with van der Waals surface area (Å²) in [6, 6.07) is 0.544. The SMILES string of the molecule is CC(CNc1ncc(Br)cn1)N1CCCCC1. The van der Waals surface area contributed by atoms with Gasteiger partial charge < -0.3 is 5.32 Å². The van der Waals surface area contributed by atoms with Crippen molar-refractivity contribution in [1.29, 1.82) is 0 Å². The van der Waals surface area contributed by atoms with Gasteiger partial charge in [-0.05, 0) is 48.8 Å². The van der Waals surface area contributed by atoms with Crippen LogP contribution in [-0.4, -0.2) is 40.5 Å². The van der Waals surface area contributed by atoms with E-state index in [0.717, 1.165) is 11.0 Å². The van der Waals surface area contributed by atoms with E-state index in [1.54, 1.807) is 12.4 Å². The third kappa shape index (κ3) is 3.92. The van der Waals surface area contributed by atoms with Crippen molar-refractivity contribution < 1.29 is 0 Å². The van der Waals surface area contributed by atoms with E-state index in [9.17, 15) is 0 Å². The molecule has 0 radical (unpaired) electrons. The van der Waals surface area contributed by atoms with E-state index in [0.29, 0.717) is 12.0 Å². The van der Waals surface area contributed by atoms with E-state index >= 15 is 0 Å².